The first-order valence-corrected chi connectivity index (χ1v) is 9.94. The van der Waals surface area contributed by atoms with Gasteiger partial charge in [-0.15, -0.1) is 0 Å². The van der Waals surface area contributed by atoms with Gasteiger partial charge in [-0.1, -0.05) is 54.8 Å². The van der Waals surface area contributed by atoms with Crippen LogP contribution in [0.15, 0.2) is 54.0 Å². The molecule has 1 saturated heterocycles. The van der Waals surface area contributed by atoms with E-state index in [1.165, 1.54) is 17.3 Å². The second-order valence-corrected chi connectivity index (χ2v) is 7.94. The van der Waals surface area contributed by atoms with Crippen molar-refractivity contribution in [2.24, 2.45) is 0 Å². The van der Waals surface area contributed by atoms with Gasteiger partial charge in [0.1, 0.15) is 6.61 Å². The Morgan fingerprint density at radius 2 is 2.00 bits per heavy atom. The van der Waals surface area contributed by atoms with Gasteiger partial charge in [-0.2, -0.15) is 0 Å². The van der Waals surface area contributed by atoms with Gasteiger partial charge in [0, 0.05) is 5.56 Å². The van der Waals surface area contributed by atoms with Crippen molar-refractivity contribution in [3.05, 3.63) is 70.6 Å². The van der Waals surface area contributed by atoms with Crippen molar-refractivity contribution in [2.75, 3.05) is 18.6 Å². The molecule has 0 spiro atoms. The van der Waals surface area contributed by atoms with Crippen LogP contribution >= 0.6 is 24.0 Å². The number of nitrogens with zero attached hydrogens (tertiary/aromatic N) is 1. The third-order valence-electron chi connectivity index (χ3n) is 4.40. The summed E-state index contributed by atoms with van der Waals surface area (Å²) in [5, 5.41) is 0. The van der Waals surface area contributed by atoms with Crippen molar-refractivity contribution in [1.29, 1.82) is 0 Å². The van der Waals surface area contributed by atoms with Gasteiger partial charge in [-0.05, 0) is 49.2 Å². The lowest BCUT2D eigenvalue weighted by molar-refractivity contribution is -0.113. The molecule has 0 radical (unpaired) electrons. The third kappa shape index (κ3) is 3.98. The summed E-state index contributed by atoms with van der Waals surface area (Å²) in [6.07, 6.45) is 3.46. The highest BCUT2D eigenvalue weighted by atomic mass is 32.2. The number of rotatable bonds is 6. The molecule has 2 aromatic rings. The number of carbonyl (C=O) groups is 1. The number of hydrogen-bond acceptors (Lipinski definition) is 5. The smallest absolute Gasteiger partial charge is 0.270 e. The summed E-state index contributed by atoms with van der Waals surface area (Å²) in [7, 11) is 1.58. The third-order valence-corrected chi connectivity index (χ3v) is 5.71. The van der Waals surface area contributed by atoms with Gasteiger partial charge in [0.25, 0.3) is 5.91 Å². The molecule has 1 aliphatic heterocycles. The minimum absolute atomic E-state index is 0.143. The number of thioether (sulfide) groups is 1. The molecular weight excluding hydrogens is 390 g/mol. The fraction of sp³-hybridized carbons (Fsp3) is 0.182. The highest BCUT2D eigenvalue weighted by Gasteiger charge is 2.33. The molecule has 0 saturated carbocycles. The number of amides is 1. The molecule has 1 fully saturated rings. The van der Waals surface area contributed by atoms with Crippen LogP contribution in [0.2, 0.25) is 0 Å². The lowest BCUT2D eigenvalue weighted by Crippen LogP contribution is -2.27. The molecule has 0 atom stereocenters. The van der Waals surface area contributed by atoms with Gasteiger partial charge >= 0.3 is 0 Å². The maximum Gasteiger partial charge on any atom is 0.270 e. The van der Waals surface area contributed by atoms with E-state index < -0.39 is 0 Å². The number of para-hydroxylation sites is 1. The number of thiocarbonyl (C=S) groups is 1. The van der Waals surface area contributed by atoms with E-state index in [1.54, 1.807) is 24.2 Å². The Hall–Kier alpha value is -2.57. The zero-order chi connectivity index (χ0) is 20.3. The number of anilines is 1. The van der Waals surface area contributed by atoms with Crippen molar-refractivity contribution >= 4 is 46.0 Å². The molecule has 0 N–H and O–H groups in total. The summed E-state index contributed by atoms with van der Waals surface area (Å²) in [6.45, 7) is 8.08. The highest BCUT2D eigenvalue weighted by Crippen LogP contribution is 2.39. The summed E-state index contributed by atoms with van der Waals surface area (Å²) in [6, 6.07) is 11.4. The van der Waals surface area contributed by atoms with Crippen LogP contribution < -0.4 is 14.4 Å². The molecule has 6 heteroatoms. The van der Waals surface area contributed by atoms with Crippen LogP contribution in [-0.4, -0.2) is 23.9 Å². The molecule has 3 rings (SSSR count). The van der Waals surface area contributed by atoms with E-state index in [0.717, 1.165) is 16.8 Å². The van der Waals surface area contributed by atoms with E-state index in [0.29, 0.717) is 27.3 Å². The average molecular weight is 412 g/mol. The quantitative estimate of drug-likeness (QED) is 0.367. The van der Waals surface area contributed by atoms with Crippen LogP contribution in [-0.2, 0) is 4.79 Å². The van der Waals surface area contributed by atoms with Crippen LogP contribution in [0.1, 0.15) is 16.7 Å². The number of benzene rings is 2. The van der Waals surface area contributed by atoms with Crippen molar-refractivity contribution < 1.29 is 14.3 Å². The number of ether oxygens (including phenoxy) is 2. The summed E-state index contributed by atoms with van der Waals surface area (Å²) in [5.41, 5.74) is 3.82. The van der Waals surface area contributed by atoms with E-state index in [9.17, 15) is 4.79 Å². The van der Waals surface area contributed by atoms with Crippen LogP contribution in [0.25, 0.3) is 6.08 Å². The molecule has 28 heavy (non-hydrogen) atoms. The van der Waals surface area contributed by atoms with E-state index in [2.05, 4.69) is 6.58 Å². The number of carbonyl (C=O) groups excluding carboxylic acids is 1. The average Bonchev–Trinajstić information content (AvgIpc) is 2.96. The molecular formula is C22H21NO3S2. The van der Waals surface area contributed by atoms with Crippen LogP contribution in [0.4, 0.5) is 5.69 Å². The minimum atomic E-state index is -0.143. The fourth-order valence-corrected chi connectivity index (χ4v) is 4.09. The SMILES string of the molecule is C=CCOc1c(/C=C2\SC(=S)N(c3ccc(C)c(C)c3)C2=O)cccc1OC. The van der Waals surface area contributed by atoms with E-state index in [-0.39, 0.29) is 5.91 Å². The van der Waals surface area contributed by atoms with Crippen molar-refractivity contribution in [1.82, 2.24) is 0 Å². The fourth-order valence-electron chi connectivity index (χ4n) is 2.80. The Kier molecular flexibility index (Phi) is 6.21. The largest absolute Gasteiger partial charge is 0.493 e. The lowest BCUT2D eigenvalue weighted by Gasteiger charge is -2.16. The molecule has 1 amide bonds. The number of aryl methyl sites for hydroxylation is 2. The van der Waals surface area contributed by atoms with E-state index >= 15 is 0 Å². The maximum absolute atomic E-state index is 13.1. The van der Waals surface area contributed by atoms with Crippen molar-refractivity contribution in [2.45, 2.75) is 13.8 Å². The Labute approximate surface area is 174 Å². The summed E-state index contributed by atoms with van der Waals surface area (Å²) in [4.78, 5) is 15.2. The molecule has 144 valence electrons. The Morgan fingerprint density at radius 1 is 1.21 bits per heavy atom. The molecule has 4 nitrogen and oxygen atoms in total. The van der Waals surface area contributed by atoms with Crippen LogP contribution in [0.3, 0.4) is 0 Å². The van der Waals surface area contributed by atoms with Gasteiger partial charge in [0.05, 0.1) is 17.7 Å². The van der Waals surface area contributed by atoms with Gasteiger partial charge in [-0.25, -0.2) is 0 Å². The number of hydrogen-bond donors (Lipinski definition) is 0. The Balaban J connectivity index is 1.98. The number of methoxy groups -OCH3 is 1. The molecule has 1 aliphatic rings. The van der Waals surface area contributed by atoms with Crippen LogP contribution in [0.5, 0.6) is 11.5 Å². The first kappa shape index (κ1) is 20.2. The zero-order valence-corrected chi connectivity index (χ0v) is 17.7. The van der Waals surface area contributed by atoms with Crippen molar-refractivity contribution in [3.8, 4) is 11.5 Å². The molecule has 0 aliphatic carbocycles. The monoisotopic (exact) mass is 411 g/mol. The summed E-state index contributed by atoms with van der Waals surface area (Å²) < 4.78 is 11.7. The summed E-state index contributed by atoms with van der Waals surface area (Å²) >= 11 is 6.76. The molecule has 1 heterocycles. The van der Waals surface area contributed by atoms with Gasteiger partial charge < -0.3 is 9.47 Å². The van der Waals surface area contributed by atoms with Crippen LogP contribution in [0, 0.1) is 13.8 Å². The highest BCUT2D eigenvalue weighted by molar-refractivity contribution is 8.27. The maximum atomic E-state index is 13.1. The normalized spacial score (nSPS) is 15.2. The predicted molar refractivity (Wildman–Crippen MR) is 120 cm³/mol. The second kappa shape index (κ2) is 8.63. The second-order valence-electron chi connectivity index (χ2n) is 6.26. The molecule has 0 aromatic heterocycles. The molecule has 0 bridgehead atoms. The standard InChI is InChI=1S/C22H21NO3S2/c1-5-11-26-20-16(7-6-8-18(20)25-4)13-19-21(24)23(22(27)28-19)17-10-9-14(2)15(3)12-17/h5-10,12-13H,1,11H2,2-4H3/b19-13-. The van der Waals surface area contributed by atoms with Gasteiger partial charge in [0.15, 0.2) is 15.8 Å². The summed E-state index contributed by atoms with van der Waals surface area (Å²) in [5.74, 6) is 1.03. The Morgan fingerprint density at radius 3 is 2.68 bits per heavy atom. The molecule has 2 aromatic carbocycles. The first-order valence-electron chi connectivity index (χ1n) is 8.72. The van der Waals surface area contributed by atoms with E-state index in [4.69, 9.17) is 21.7 Å². The van der Waals surface area contributed by atoms with Gasteiger partial charge in [-0.3, -0.25) is 9.69 Å². The molecule has 0 unspecified atom stereocenters. The van der Waals surface area contributed by atoms with Crippen molar-refractivity contribution in [3.63, 3.8) is 0 Å². The Bertz CT molecular complexity index is 982. The van der Waals surface area contributed by atoms with Gasteiger partial charge in [0.2, 0.25) is 0 Å². The topological polar surface area (TPSA) is 38.8 Å². The van der Waals surface area contributed by atoms with E-state index in [1.807, 2.05) is 50.2 Å². The first-order chi connectivity index (χ1) is 13.5. The minimum Gasteiger partial charge on any atom is -0.493 e. The lowest BCUT2D eigenvalue weighted by atomic mass is 10.1. The zero-order valence-electron chi connectivity index (χ0n) is 16.0. The predicted octanol–water partition coefficient (Wildman–Crippen LogP) is 5.28.